The van der Waals surface area contributed by atoms with E-state index in [2.05, 4.69) is 21.3 Å². The molecule has 0 radical (unpaired) electrons. The molecule has 154 valence electrons. The molecule has 1 aliphatic rings. The van der Waals surface area contributed by atoms with E-state index in [0.29, 0.717) is 41.2 Å². The number of nitrogens with two attached hydrogens (primary N) is 1. The number of nitriles is 1. The second-order valence-corrected chi connectivity index (χ2v) is 7.21. The molecule has 3 aromatic heterocycles. The van der Waals surface area contributed by atoms with Crippen molar-refractivity contribution in [3.05, 3.63) is 65.4 Å². The minimum absolute atomic E-state index is 0.0539. The first-order valence-corrected chi connectivity index (χ1v) is 9.77. The molecule has 9 heteroatoms. The molecule has 0 fully saturated rings. The molecule has 8 nitrogen and oxygen atoms in total. The molecular weight excluding hydrogens is 397 g/mol. The van der Waals surface area contributed by atoms with Crippen LogP contribution in [0.25, 0.3) is 22.5 Å². The van der Waals surface area contributed by atoms with Gasteiger partial charge in [0.25, 0.3) is 0 Å². The van der Waals surface area contributed by atoms with Gasteiger partial charge >= 0.3 is 0 Å². The Bertz CT molecular complexity index is 1350. The van der Waals surface area contributed by atoms with Crippen LogP contribution in [-0.4, -0.2) is 24.5 Å². The van der Waals surface area contributed by atoms with E-state index in [4.69, 9.17) is 10.5 Å². The highest BCUT2D eigenvalue weighted by Crippen LogP contribution is 2.34. The van der Waals surface area contributed by atoms with Crippen molar-refractivity contribution in [2.24, 2.45) is 0 Å². The maximum Gasteiger partial charge on any atom is 0.166 e. The first-order chi connectivity index (χ1) is 15.1. The number of rotatable bonds is 1. The molecule has 0 atom stereocenters. The zero-order chi connectivity index (χ0) is 21.5. The Hall–Kier alpha value is -4.19. The number of aryl methyl sites for hydroxylation is 1. The highest BCUT2D eigenvalue weighted by Gasteiger charge is 2.22. The van der Waals surface area contributed by atoms with E-state index < -0.39 is 5.82 Å². The monoisotopic (exact) mass is 415 g/mol. The van der Waals surface area contributed by atoms with Crippen molar-refractivity contribution in [1.29, 1.82) is 5.26 Å². The Labute approximate surface area is 177 Å². The number of fused-ring (bicyclic) bond motifs is 7. The highest BCUT2D eigenvalue weighted by molar-refractivity contribution is 5.71. The summed E-state index contributed by atoms with van der Waals surface area (Å²) in [5.41, 5.74) is 10.9. The summed E-state index contributed by atoms with van der Waals surface area (Å²) in [5.74, 6) is 0.244. The number of benzene rings is 1. The first-order valence-electron chi connectivity index (χ1n) is 9.77. The summed E-state index contributed by atoms with van der Waals surface area (Å²) in [6.07, 6.45) is 4.98. The van der Waals surface area contributed by atoms with Gasteiger partial charge in [0, 0.05) is 35.0 Å². The largest absolute Gasteiger partial charge is 0.485 e. The van der Waals surface area contributed by atoms with Gasteiger partial charge in [0.15, 0.2) is 11.6 Å². The number of nitrogen functional groups attached to an aromatic ring is 1. The van der Waals surface area contributed by atoms with Crippen molar-refractivity contribution in [1.82, 2.24) is 24.5 Å². The number of halogens is 1. The number of pyridine rings is 1. The lowest BCUT2D eigenvalue weighted by Gasteiger charge is -2.17. The zero-order valence-corrected chi connectivity index (χ0v) is 16.7. The van der Waals surface area contributed by atoms with Crippen LogP contribution in [0.4, 0.5) is 10.2 Å². The summed E-state index contributed by atoms with van der Waals surface area (Å²) >= 11 is 0. The maximum absolute atomic E-state index is 14.1. The number of hydrogen-bond donors (Lipinski definition) is 1. The first kappa shape index (κ1) is 18.8. The van der Waals surface area contributed by atoms with E-state index in [1.807, 2.05) is 17.7 Å². The summed E-state index contributed by atoms with van der Waals surface area (Å²) in [6, 6.07) is 8.41. The maximum atomic E-state index is 14.1. The molecule has 0 saturated heterocycles. The van der Waals surface area contributed by atoms with E-state index in [-0.39, 0.29) is 12.4 Å². The molecule has 0 spiro atoms. The predicted molar refractivity (Wildman–Crippen MR) is 111 cm³/mol. The Morgan fingerprint density at radius 1 is 1.16 bits per heavy atom. The molecule has 0 saturated carbocycles. The van der Waals surface area contributed by atoms with Gasteiger partial charge in [0.05, 0.1) is 35.9 Å². The third kappa shape index (κ3) is 3.09. The second kappa shape index (κ2) is 7.25. The predicted octanol–water partition coefficient (Wildman–Crippen LogP) is 3.36. The van der Waals surface area contributed by atoms with Crippen molar-refractivity contribution in [2.45, 2.75) is 26.6 Å². The standard InChI is InChI=1S/C22H18FN7O/c1-2-29-20-13-6-19(22(25)26-8-13)31-12-14-5-17(23)3-4-18(14)21-15(7-24)9-28-30(21)11-16(20)10-27-29/h3-6,8-10H,2,11-12H2,1H3,(H2,25,26). The van der Waals surface area contributed by atoms with E-state index in [9.17, 15) is 9.65 Å². The van der Waals surface area contributed by atoms with Crippen LogP contribution in [0.2, 0.25) is 0 Å². The van der Waals surface area contributed by atoms with Gasteiger partial charge in [0.1, 0.15) is 18.5 Å². The summed E-state index contributed by atoms with van der Waals surface area (Å²) in [5, 5.41) is 18.6. The van der Waals surface area contributed by atoms with Crippen LogP contribution in [0.15, 0.2) is 42.9 Å². The zero-order valence-electron chi connectivity index (χ0n) is 16.7. The Kier molecular flexibility index (Phi) is 4.40. The van der Waals surface area contributed by atoms with Crippen molar-refractivity contribution in [2.75, 3.05) is 5.73 Å². The third-order valence-corrected chi connectivity index (χ3v) is 5.36. The Morgan fingerprint density at radius 2 is 2.03 bits per heavy atom. The third-order valence-electron chi connectivity index (χ3n) is 5.36. The van der Waals surface area contributed by atoms with Crippen LogP contribution in [-0.2, 0) is 19.7 Å². The lowest BCUT2D eigenvalue weighted by atomic mass is 10.0. The fourth-order valence-electron chi connectivity index (χ4n) is 3.91. The molecule has 0 aliphatic carbocycles. The Balaban J connectivity index is 1.80. The van der Waals surface area contributed by atoms with Gasteiger partial charge in [-0.15, -0.1) is 0 Å². The van der Waals surface area contributed by atoms with E-state index >= 15 is 0 Å². The van der Waals surface area contributed by atoms with Crippen LogP contribution >= 0.6 is 0 Å². The molecule has 5 rings (SSSR count). The average molecular weight is 415 g/mol. The fourth-order valence-corrected chi connectivity index (χ4v) is 3.91. The smallest absolute Gasteiger partial charge is 0.166 e. The van der Waals surface area contributed by atoms with Crippen molar-refractivity contribution in [3.63, 3.8) is 0 Å². The number of anilines is 1. The van der Waals surface area contributed by atoms with Crippen LogP contribution < -0.4 is 10.5 Å². The number of hydrogen-bond acceptors (Lipinski definition) is 6. The summed E-state index contributed by atoms with van der Waals surface area (Å²) in [6.45, 7) is 3.10. The molecule has 0 amide bonds. The van der Waals surface area contributed by atoms with Crippen molar-refractivity contribution in [3.8, 4) is 34.3 Å². The van der Waals surface area contributed by atoms with Gasteiger partial charge in [-0.05, 0) is 31.2 Å². The van der Waals surface area contributed by atoms with Gasteiger partial charge < -0.3 is 10.5 Å². The van der Waals surface area contributed by atoms with Crippen molar-refractivity contribution >= 4 is 5.82 Å². The van der Waals surface area contributed by atoms with Gasteiger partial charge in [-0.2, -0.15) is 15.5 Å². The van der Waals surface area contributed by atoms with Gasteiger partial charge in [-0.25, -0.2) is 9.37 Å². The van der Waals surface area contributed by atoms with Gasteiger partial charge in [0.2, 0.25) is 0 Å². The molecule has 0 unspecified atom stereocenters. The number of aromatic nitrogens is 5. The number of nitrogens with zero attached hydrogens (tertiary/aromatic N) is 6. The van der Waals surface area contributed by atoms with Crippen LogP contribution in [0.1, 0.15) is 23.6 Å². The highest BCUT2D eigenvalue weighted by atomic mass is 19.1. The quantitative estimate of drug-likeness (QED) is 0.511. The topological polar surface area (TPSA) is 108 Å². The van der Waals surface area contributed by atoms with E-state index in [1.54, 1.807) is 23.1 Å². The van der Waals surface area contributed by atoms with E-state index in [1.165, 1.54) is 18.3 Å². The van der Waals surface area contributed by atoms with Crippen molar-refractivity contribution < 1.29 is 9.13 Å². The van der Waals surface area contributed by atoms with Gasteiger partial charge in [-0.3, -0.25) is 9.36 Å². The molecule has 2 N–H and O–H groups in total. The normalized spacial score (nSPS) is 12.4. The molecule has 1 aromatic carbocycles. The summed E-state index contributed by atoms with van der Waals surface area (Å²) in [7, 11) is 0. The van der Waals surface area contributed by atoms with Gasteiger partial charge in [-0.1, -0.05) is 0 Å². The van der Waals surface area contributed by atoms with Crippen LogP contribution in [0, 0.1) is 17.1 Å². The lowest BCUT2D eigenvalue weighted by Crippen LogP contribution is -2.10. The number of ether oxygens (including phenoxy) is 1. The second-order valence-electron chi connectivity index (χ2n) is 7.21. The molecule has 4 aromatic rings. The SMILES string of the molecule is CCn1ncc2c1-c1cnc(N)c(c1)OCc1cc(F)ccc1-c1c(C#N)cnn1C2. The average Bonchev–Trinajstić information content (AvgIpc) is 3.36. The molecular formula is C22H18FN7O. The van der Waals surface area contributed by atoms with Crippen LogP contribution in [0.5, 0.6) is 5.75 Å². The molecule has 4 heterocycles. The molecule has 1 aliphatic heterocycles. The fraction of sp³-hybridized carbons (Fsp3) is 0.182. The molecule has 31 heavy (non-hydrogen) atoms. The van der Waals surface area contributed by atoms with Crippen LogP contribution in [0.3, 0.4) is 0 Å². The summed E-state index contributed by atoms with van der Waals surface area (Å²) < 4.78 is 23.7. The minimum atomic E-state index is -0.398. The van der Waals surface area contributed by atoms with E-state index in [0.717, 1.165) is 16.8 Å². The molecule has 2 bridgehead atoms. The Morgan fingerprint density at radius 3 is 2.84 bits per heavy atom. The lowest BCUT2D eigenvalue weighted by molar-refractivity contribution is 0.307. The summed E-state index contributed by atoms with van der Waals surface area (Å²) in [4.78, 5) is 4.29. The minimum Gasteiger partial charge on any atom is -0.485 e.